The highest BCUT2D eigenvalue weighted by molar-refractivity contribution is 7.97. The average Bonchev–Trinajstić information content (AvgIpc) is 2.64. The summed E-state index contributed by atoms with van der Waals surface area (Å²) in [6.07, 6.45) is 2.57. The van der Waals surface area contributed by atoms with E-state index in [1.807, 2.05) is 11.8 Å². The summed E-state index contributed by atoms with van der Waals surface area (Å²) in [5.41, 5.74) is 2.80. The van der Waals surface area contributed by atoms with E-state index in [4.69, 9.17) is 17.3 Å². The summed E-state index contributed by atoms with van der Waals surface area (Å²) in [5, 5.41) is 7.76. The molecule has 138 valence electrons. The van der Waals surface area contributed by atoms with E-state index in [1.54, 1.807) is 6.08 Å². The molecule has 0 aliphatic rings. The third kappa shape index (κ3) is 10.4. The van der Waals surface area contributed by atoms with Gasteiger partial charge in [-0.2, -0.15) is 24.4 Å². The smallest absolute Gasteiger partial charge is 0.316 e. The first-order chi connectivity index (χ1) is 12.5. The van der Waals surface area contributed by atoms with Crippen LogP contribution < -0.4 is 0 Å². The minimum absolute atomic E-state index is 0.333. The zero-order chi connectivity index (χ0) is 19.2. The Hall–Kier alpha value is -1.56. The lowest BCUT2D eigenvalue weighted by molar-refractivity contribution is -0.136. The first-order valence-electron chi connectivity index (χ1n) is 8.22. The number of aliphatic carboxylic acids is 1. The van der Waals surface area contributed by atoms with Gasteiger partial charge in [-0.1, -0.05) is 79.0 Å². The van der Waals surface area contributed by atoms with Crippen molar-refractivity contribution in [1.29, 1.82) is 0 Å². The Morgan fingerprint density at radius 2 is 1.54 bits per heavy atom. The Labute approximate surface area is 171 Å². The number of carbonyl (C=O) groups is 1. The van der Waals surface area contributed by atoms with Crippen LogP contribution in [0.3, 0.4) is 0 Å². The zero-order valence-electron chi connectivity index (χ0n) is 14.6. The summed E-state index contributed by atoms with van der Waals surface area (Å²) in [6.45, 7) is 3.49. The van der Waals surface area contributed by atoms with Crippen molar-refractivity contribution in [2.24, 2.45) is 0 Å². The van der Waals surface area contributed by atoms with E-state index in [0.29, 0.717) is 17.7 Å². The standard InChI is InChI=1S/C14H14S.C7H10O2S2/c1-3-7-13(8-4-1)11-15-12-14-9-5-2-6-10-14;1-2-3-5(10)4-6(11)7(8)9/h1-10H,11-12H2;2,6,11H,1,3-4H2,(H,8,9). The molecule has 2 rings (SSSR count). The molecule has 0 radical (unpaired) electrons. The highest BCUT2D eigenvalue weighted by Crippen LogP contribution is 2.17. The minimum Gasteiger partial charge on any atom is -0.480 e. The first-order valence-corrected chi connectivity index (χ1v) is 10.3. The van der Waals surface area contributed by atoms with Crippen LogP contribution in [-0.4, -0.2) is 21.2 Å². The number of carboxylic acid groups (broad SMARTS) is 1. The Bertz CT molecular complexity index is 633. The number of benzene rings is 2. The highest BCUT2D eigenvalue weighted by atomic mass is 32.2. The van der Waals surface area contributed by atoms with Gasteiger partial charge in [-0.3, -0.25) is 4.79 Å². The van der Waals surface area contributed by atoms with E-state index in [-0.39, 0.29) is 0 Å². The molecule has 0 amide bonds. The molecule has 0 saturated carbocycles. The molecule has 2 aromatic rings. The molecule has 0 saturated heterocycles. The van der Waals surface area contributed by atoms with Crippen molar-refractivity contribution in [1.82, 2.24) is 0 Å². The Balaban J connectivity index is 0.000000276. The molecular weight excluding hydrogens is 380 g/mol. The van der Waals surface area contributed by atoms with Gasteiger partial charge in [-0.05, 0) is 22.4 Å². The van der Waals surface area contributed by atoms with Gasteiger partial charge in [0.2, 0.25) is 0 Å². The number of hydrogen-bond acceptors (Lipinski definition) is 4. The van der Waals surface area contributed by atoms with Crippen molar-refractivity contribution in [2.45, 2.75) is 29.6 Å². The van der Waals surface area contributed by atoms with Crippen molar-refractivity contribution >= 4 is 47.4 Å². The minimum atomic E-state index is -0.931. The van der Waals surface area contributed by atoms with Crippen LogP contribution in [-0.2, 0) is 16.3 Å². The Morgan fingerprint density at radius 1 is 1.08 bits per heavy atom. The normalized spacial score (nSPS) is 11.0. The third-order valence-electron chi connectivity index (χ3n) is 3.30. The fraction of sp³-hybridized carbons (Fsp3) is 0.238. The molecule has 5 heteroatoms. The van der Waals surface area contributed by atoms with E-state index in [9.17, 15) is 4.79 Å². The molecule has 0 bridgehead atoms. The molecule has 1 unspecified atom stereocenters. The SMILES string of the molecule is C=CCC(=S)CC(S)C(=O)O.c1ccc(CSCc2ccccc2)cc1. The molecule has 2 nitrogen and oxygen atoms in total. The summed E-state index contributed by atoms with van der Waals surface area (Å²) in [5.74, 6) is 1.26. The molecular formula is C21H24O2S3. The number of allylic oxidation sites excluding steroid dienone is 1. The lowest BCUT2D eigenvalue weighted by Crippen LogP contribution is -2.16. The van der Waals surface area contributed by atoms with E-state index < -0.39 is 11.2 Å². The van der Waals surface area contributed by atoms with Crippen LogP contribution in [0.25, 0.3) is 0 Å². The van der Waals surface area contributed by atoms with E-state index in [2.05, 4.69) is 79.9 Å². The van der Waals surface area contributed by atoms with Gasteiger partial charge < -0.3 is 5.11 Å². The third-order valence-corrected chi connectivity index (χ3v) is 5.11. The van der Waals surface area contributed by atoms with Gasteiger partial charge in [0, 0.05) is 17.9 Å². The number of thioether (sulfide) groups is 1. The maximum Gasteiger partial charge on any atom is 0.316 e. The lowest BCUT2D eigenvalue weighted by atomic mass is 10.2. The second-order valence-electron chi connectivity index (χ2n) is 5.55. The maximum atomic E-state index is 10.3. The molecule has 26 heavy (non-hydrogen) atoms. The fourth-order valence-corrected chi connectivity index (χ4v) is 3.57. The van der Waals surface area contributed by atoms with Gasteiger partial charge in [0.25, 0.3) is 0 Å². The predicted molar refractivity (Wildman–Crippen MR) is 120 cm³/mol. The largest absolute Gasteiger partial charge is 0.480 e. The molecule has 0 aliphatic carbocycles. The van der Waals surface area contributed by atoms with Gasteiger partial charge in [0.15, 0.2) is 0 Å². The van der Waals surface area contributed by atoms with Gasteiger partial charge in [-0.25, -0.2) is 0 Å². The zero-order valence-corrected chi connectivity index (χ0v) is 17.1. The molecule has 1 atom stereocenters. The van der Waals surface area contributed by atoms with Gasteiger partial charge in [-0.15, -0.1) is 6.58 Å². The average molecular weight is 405 g/mol. The van der Waals surface area contributed by atoms with Crippen LogP contribution in [0.2, 0.25) is 0 Å². The molecule has 0 aliphatic heterocycles. The highest BCUT2D eigenvalue weighted by Gasteiger charge is 2.12. The number of carboxylic acids is 1. The number of hydrogen-bond donors (Lipinski definition) is 2. The summed E-state index contributed by atoms with van der Waals surface area (Å²) >= 11 is 10.7. The van der Waals surface area contributed by atoms with E-state index in [0.717, 1.165) is 11.5 Å². The van der Waals surface area contributed by atoms with Crippen molar-refractivity contribution in [3.05, 3.63) is 84.4 Å². The molecule has 0 spiro atoms. The summed E-state index contributed by atoms with van der Waals surface area (Å²) in [6, 6.07) is 21.2. The lowest BCUT2D eigenvalue weighted by Gasteiger charge is -2.03. The van der Waals surface area contributed by atoms with E-state index >= 15 is 0 Å². The quantitative estimate of drug-likeness (QED) is 0.313. The molecule has 2 aromatic carbocycles. The first kappa shape index (κ1) is 22.5. The van der Waals surface area contributed by atoms with Crippen LogP contribution >= 0.6 is 36.6 Å². The van der Waals surface area contributed by atoms with Crippen LogP contribution in [0, 0.1) is 0 Å². The molecule has 1 N–H and O–H groups in total. The van der Waals surface area contributed by atoms with Gasteiger partial charge in [0.05, 0.1) is 0 Å². The number of rotatable bonds is 9. The van der Waals surface area contributed by atoms with Crippen LogP contribution in [0.1, 0.15) is 24.0 Å². The van der Waals surface area contributed by atoms with Gasteiger partial charge in [0.1, 0.15) is 5.25 Å². The Morgan fingerprint density at radius 3 is 1.92 bits per heavy atom. The second-order valence-corrected chi connectivity index (χ2v) is 7.74. The maximum absolute atomic E-state index is 10.3. The molecule has 0 fully saturated rings. The number of thiocarbonyl (C=S) groups is 1. The number of thiol groups is 1. The Kier molecular flexibility index (Phi) is 11.8. The van der Waals surface area contributed by atoms with Crippen LogP contribution in [0.15, 0.2) is 73.3 Å². The summed E-state index contributed by atoms with van der Waals surface area (Å²) in [4.78, 5) is 11.0. The van der Waals surface area contributed by atoms with Gasteiger partial charge >= 0.3 is 5.97 Å². The predicted octanol–water partition coefficient (Wildman–Crippen LogP) is 5.83. The van der Waals surface area contributed by atoms with Crippen LogP contribution in [0.5, 0.6) is 0 Å². The van der Waals surface area contributed by atoms with Crippen molar-refractivity contribution < 1.29 is 9.90 Å². The topological polar surface area (TPSA) is 37.3 Å². The summed E-state index contributed by atoms with van der Waals surface area (Å²) < 4.78 is 0. The summed E-state index contributed by atoms with van der Waals surface area (Å²) in [7, 11) is 0. The van der Waals surface area contributed by atoms with Crippen molar-refractivity contribution in [2.75, 3.05) is 0 Å². The van der Waals surface area contributed by atoms with E-state index in [1.165, 1.54) is 11.1 Å². The monoisotopic (exact) mass is 404 g/mol. The fourth-order valence-electron chi connectivity index (χ4n) is 1.98. The van der Waals surface area contributed by atoms with Crippen molar-refractivity contribution in [3.63, 3.8) is 0 Å². The van der Waals surface area contributed by atoms with Crippen molar-refractivity contribution in [3.8, 4) is 0 Å². The second kappa shape index (κ2) is 13.6. The molecule has 0 aromatic heterocycles. The molecule has 0 heterocycles. The van der Waals surface area contributed by atoms with Crippen LogP contribution in [0.4, 0.5) is 0 Å².